The third-order valence-corrected chi connectivity index (χ3v) is 7.52. The number of anilines is 2. The zero-order chi connectivity index (χ0) is 23.7. The number of aromatic nitrogens is 1. The first kappa shape index (κ1) is 23.1. The largest absolute Gasteiger partial charge is 0.491 e. The zero-order valence-corrected chi connectivity index (χ0v) is 21.3. The van der Waals surface area contributed by atoms with Crippen molar-refractivity contribution in [1.82, 2.24) is 9.88 Å². The number of pyridine rings is 1. The van der Waals surface area contributed by atoms with E-state index in [1.54, 1.807) is 23.4 Å². The van der Waals surface area contributed by atoms with E-state index in [1.165, 1.54) is 6.42 Å². The van der Waals surface area contributed by atoms with Gasteiger partial charge in [-0.3, -0.25) is 9.88 Å². The molecule has 1 atom stereocenters. The Morgan fingerprint density at radius 3 is 2.76 bits per heavy atom. The van der Waals surface area contributed by atoms with E-state index in [2.05, 4.69) is 44.2 Å². The van der Waals surface area contributed by atoms with Crippen LogP contribution in [0.25, 0.3) is 11.1 Å². The second-order valence-electron chi connectivity index (χ2n) is 8.76. The molecule has 1 saturated heterocycles. The number of halogens is 2. The van der Waals surface area contributed by atoms with Gasteiger partial charge < -0.3 is 15.0 Å². The van der Waals surface area contributed by atoms with Gasteiger partial charge in [-0.2, -0.15) is 0 Å². The van der Waals surface area contributed by atoms with Crippen LogP contribution in [0, 0.1) is 0 Å². The van der Waals surface area contributed by atoms with E-state index in [0.717, 1.165) is 52.0 Å². The van der Waals surface area contributed by atoms with Crippen molar-refractivity contribution in [2.75, 3.05) is 37.0 Å². The summed E-state index contributed by atoms with van der Waals surface area (Å²) >= 11 is 10.2. The summed E-state index contributed by atoms with van der Waals surface area (Å²) in [5, 5.41) is 3.56. The number of rotatable bonds is 5. The Morgan fingerprint density at radius 2 is 2.03 bits per heavy atom. The van der Waals surface area contributed by atoms with Gasteiger partial charge in [0.15, 0.2) is 0 Å². The molecule has 3 heterocycles. The molecule has 0 radical (unpaired) electrons. The number of nitrogens with one attached hydrogen (secondary N) is 1. The van der Waals surface area contributed by atoms with Crippen LogP contribution in [0.1, 0.15) is 18.4 Å². The summed E-state index contributed by atoms with van der Waals surface area (Å²) < 4.78 is 7.09. The first-order chi connectivity index (χ1) is 16.5. The van der Waals surface area contributed by atoms with E-state index in [9.17, 15) is 4.79 Å². The van der Waals surface area contributed by atoms with Crippen molar-refractivity contribution in [2.45, 2.75) is 25.3 Å². The second-order valence-corrected chi connectivity index (χ2v) is 10.0. The van der Waals surface area contributed by atoms with Crippen LogP contribution in [-0.4, -0.2) is 48.7 Å². The maximum absolute atomic E-state index is 13.2. The van der Waals surface area contributed by atoms with E-state index in [0.29, 0.717) is 29.9 Å². The lowest BCUT2D eigenvalue weighted by Crippen LogP contribution is -2.33. The standard InChI is InChI=1S/C26H26BrClN4O2/c1-31-11-2-3-20(31)16-34-25-15-24-18(13-22(25)27)8-12-32(24)26(33)30-19-4-5-21(23(28)14-19)17-6-9-29-10-7-17/h4-7,9-10,13-15,20H,2-3,8,11-12,16H2,1H3,(H,30,33). The highest BCUT2D eigenvalue weighted by Gasteiger charge is 2.27. The molecule has 2 aromatic carbocycles. The number of fused-ring (bicyclic) bond motifs is 1. The molecule has 1 aromatic heterocycles. The topological polar surface area (TPSA) is 57.7 Å². The fraction of sp³-hybridized carbons (Fsp3) is 0.308. The third-order valence-electron chi connectivity index (χ3n) is 6.59. The molecule has 176 valence electrons. The molecule has 2 amide bonds. The van der Waals surface area contributed by atoms with Crippen LogP contribution < -0.4 is 15.0 Å². The molecule has 2 aliphatic rings. The SMILES string of the molecule is CN1CCCC1COc1cc2c(cc1Br)CCN2C(=O)Nc1ccc(-c2ccncc2)c(Cl)c1. The van der Waals surface area contributed by atoms with Gasteiger partial charge >= 0.3 is 6.03 Å². The van der Waals surface area contributed by atoms with E-state index in [4.69, 9.17) is 16.3 Å². The lowest BCUT2D eigenvalue weighted by Gasteiger charge is -2.22. The van der Waals surface area contributed by atoms with Gasteiger partial charge in [0, 0.05) is 42.3 Å². The monoisotopic (exact) mass is 540 g/mol. The van der Waals surface area contributed by atoms with Gasteiger partial charge in [0.25, 0.3) is 0 Å². The predicted molar refractivity (Wildman–Crippen MR) is 140 cm³/mol. The summed E-state index contributed by atoms with van der Waals surface area (Å²) in [6.45, 7) is 2.37. The minimum absolute atomic E-state index is 0.185. The van der Waals surface area contributed by atoms with Crippen LogP contribution in [0.4, 0.5) is 16.2 Å². The fourth-order valence-corrected chi connectivity index (χ4v) is 5.43. The summed E-state index contributed by atoms with van der Waals surface area (Å²) in [5.74, 6) is 0.767. The maximum atomic E-state index is 13.2. The Balaban J connectivity index is 1.30. The van der Waals surface area contributed by atoms with Gasteiger partial charge in [0.05, 0.1) is 15.2 Å². The Kier molecular flexibility index (Phi) is 6.77. The van der Waals surface area contributed by atoms with Gasteiger partial charge in [-0.1, -0.05) is 17.7 Å². The average molecular weight is 542 g/mol. The molecule has 8 heteroatoms. The lowest BCUT2D eigenvalue weighted by molar-refractivity contribution is 0.197. The Bertz CT molecular complexity index is 1210. The summed E-state index contributed by atoms with van der Waals surface area (Å²) in [7, 11) is 2.14. The van der Waals surface area contributed by atoms with Crippen LogP contribution in [0.15, 0.2) is 59.3 Å². The minimum Gasteiger partial charge on any atom is -0.491 e. The molecule has 0 spiro atoms. The highest BCUT2D eigenvalue weighted by atomic mass is 79.9. The molecule has 34 heavy (non-hydrogen) atoms. The molecular weight excluding hydrogens is 516 g/mol. The quantitative estimate of drug-likeness (QED) is 0.416. The summed E-state index contributed by atoms with van der Waals surface area (Å²) in [6.07, 6.45) is 6.62. The summed E-state index contributed by atoms with van der Waals surface area (Å²) in [6, 6.07) is 13.7. The van der Waals surface area contributed by atoms with Crippen LogP contribution in [0.5, 0.6) is 5.75 Å². The van der Waals surface area contributed by atoms with E-state index in [-0.39, 0.29) is 6.03 Å². The van der Waals surface area contributed by atoms with Crippen molar-refractivity contribution in [1.29, 1.82) is 0 Å². The molecule has 1 N–H and O–H groups in total. The Labute approximate surface area is 213 Å². The van der Waals surface area contributed by atoms with Crippen molar-refractivity contribution in [3.8, 4) is 16.9 Å². The van der Waals surface area contributed by atoms with Crippen molar-refractivity contribution in [3.63, 3.8) is 0 Å². The molecule has 5 rings (SSSR count). The van der Waals surface area contributed by atoms with Gasteiger partial charge in [0.2, 0.25) is 0 Å². The fourth-order valence-electron chi connectivity index (χ4n) is 4.63. The van der Waals surface area contributed by atoms with E-state index in [1.807, 2.05) is 30.3 Å². The van der Waals surface area contributed by atoms with Crippen LogP contribution >= 0.6 is 27.5 Å². The molecule has 1 fully saturated rings. The number of benzene rings is 2. The first-order valence-electron chi connectivity index (χ1n) is 11.4. The molecule has 1 unspecified atom stereocenters. The van der Waals surface area contributed by atoms with Gasteiger partial charge in [-0.05, 0) is 90.2 Å². The molecule has 0 aliphatic carbocycles. The molecule has 6 nitrogen and oxygen atoms in total. The van der Waals surface area contributed by atoms with Crippen molar-refractivity contribution < 1.29 is 9.53 Å². The van der Waals surface area contributed by atoms with E-state index < -0.39 is 0 Å². The van der Waals surface area contributed by atoms with Gasteiger partial charge in [-0.15, -0.1) is 0 Å². The van der Waals surface area contributed by atoms with Crippen LogP contribution in [0.3, 0.4) is 0 Å². The third kappa shape index (κ3) is 4.78. The number of nitrogens with zero attached hydrogens (tertiary/aromatic N) is 3. The first-order valence-corrected chi connectivity index (χ1v) is 12.6. The summed E-state index contributed by atoms with van der Waals surface area (Å²) in [4.78, 5) is 21.3. The molecular formula is C26H26BrClN4O2. The van der Waals surface area contributed by atoms with Crippen LogP contribution in [0.2, 0.25) is 5.02 Å². The predicted octanol–water partition coefficient (Wildman–Crippen LogP) is 6.23. The molecule has 3 aromatic rings. The summed E-state index contributed by atoms with van der Waals surface area (Å²) in [5.41, 5.74) is 4.54. The number of carbonyl (C=O) groups is 1. The highest BCUT2D eigenvalue weighted by Crippen LogP contribution is 2.38. The number of hydrogen-bond donors (Lipinski definition) is 1. The smallest absolute Gasteiger partial charge is 0.326 e. The van der Waals surface area contributed by atoms with E-state index >= 15 is 0 Å². The lowest BCUT2D eigenvalue weighted by atomic mass is 10.1. The van der Waals surface area contributed by atoms with Gasteiger partial charge in [0.1, 0.15) is 12.4 Å². The van der Waals surface area contributed by atoms with Crippen LogP contribution in [-0.2, 0) is 6.42 Å². The normalized spacial score (nSPS) is 17.6. The second kappa shape index (κ2) is 9.94. The molecule has 0 bridgehead atoms. The molecule has 2 aliphatic heterocycles. The molecule has 0 saturated carbocycles. The number of likely N-dealkylation sites (N-methyl/N-ethyl adjacent to an activating group) is 1. The Hall–Kier alpha value is -2.61. The minimum atomic E-state index is -0.185. The van der Waals surface area contributed by atoms with Crippen molar-refractivity contribution >= 4 is 44.9 Å². The Morgan fingerprint density at radius 1 is 1.21 bits per heavy atom. The number of urea groups is 1. The van der Waals surface area contributed by atoms with Gasteiger partial charge in [-0.25, -0.2) is 4.79 Å². The highest BCUT2D eigenvalue weighted by molar-refractivity contribution is 9.10. The number of ether oxygens (including phenoxy) is 1. The maximum Gasteiger partial charge on any atom is 0.326 e. The van der Waals surface area contributed by atoms with Crippen molar-refractivity contribution in [2.24, 2.45) is 0 Å². The number of hydrogen-bond acceptors (Lipinski definition) is 4. The zero-order valence-electron chi connectivity index (χ0n) is 18.9. The number of likely N-dealkylation sites (tertiary alicyclic amines) is 1. The number of amides is 2. The average Bonchev–Trinajstić information content (AvgIpc) is 3.43. The van der Waals surface area contributed by atoms with Crippen molar-refractivity contribution in [3.05, 3.63) is 69.9 Å². The number of carbonyl (C=O) groups excluding carboxylic acids is 1.